The molecule has 4 aromatic rings. The number of carbonyl (C=O) groups excluding carboxylic acids is 2. The standard InChI is InChI=1S/C34H33ClN2O7S/c1-5-10-25-30(33(40)43-7-3)31(24-17-21(35)14-16-26(24)41-4)37-32(39)28(45-34(37)36-25)18-23-22-12-9-8-11-20(22)13-15-27(23)44-19-29(38)42-6-2/h8-9,11-18,31H,5-7,10,19H2,1-4H3/b28-18+/t31-/m1/s1. The Morgan fingerprint density at radius 2 is 1.78 bits per heavy atom. The van der Waals surface area contributed by atoms with E-state index in [1.165, 1.54) is 23.0 Å². The molecule has 0 amide bonds. The van der Waals surface area contributed by atoms with E-state index < -0.39 is 18.0 Å². The number of aromatic nitrogens is 1. The van der Waals surface area contributed by atoms with Gasteiger partial charge in [0.05, 0.1) is 36.1 Å². The van der Waals surface area contributed by atoms with Gasteiger partial charge in [0.25, 0.3) is 5.56 Å². The van der Waals surface area contributed by atoms with Crippen LogP contribution in [0.3, 0.4) is 0 Å². The van der Waals surface area contributed by atoms with Gasteiger partial charge in [0, 0.05) is 16.1 Å². The van der Waals surface area contributed by atoms with Crippen molar-refractivity contribution < 1.29 is 28.5 Å². The summed E-state index contributed by atoms with van der Waals surface area (Å²) in [4.78, 5) is 45.3. The molecule has 2 heterocycles. The monoisotopic (exact) mass is 648 g/mol. The van der Waals surface area contributed by atoms with E-state index >= 15 is 0 Å². The highest BCUT2D eigenvalue weighted by atomic mass is 35.5. The Morgan fingerprint density at radius 3 is 2.51 bits per heavy atom. The van der Waals surface area contributed by atoms with Crippen molar-refractivity contribution in [2.75, 3.05) is 26.9 Å². The van der Waals surface area contributed by atoms with E-state index in [9.17, 15) is 14.4 Å². The van der Waals surface area contributed by atoms with Crippen molar-refractivity contribution in [2.45, 2.75) is 39.7 Å². The number of ether oxygens (including phenoxy) is 4. The number of allylic oxidation sites excluding steroid dienone is 1. The predicted octanol–water partition coefficient (Wildman–Crippen LogP) is 5.34. The highest BCUT2D eigenvalue weighted by Gasteiger charge is 2.36. The molecule has 0 spiro atoms. The number of benzene rings is 3. The van der Waals surface area contributed by atoms with E-state index in [2.05, 4.69) is 0 Å². The van der Waals surface area contributed by atoms with Crippen LogP contribution < -0.4 is 24.4 Å². The van der Waals surface area contributed by atoms with Crippen LogP contribution in [0.1, 0.15) is 50.8 Å². The van der Waals surface area contributed by atoms with Crippen LogP contribution in [0.4, 0.5) is 0 Å². The van der Waals surface area contributed by atoms with Crippen molar-refractivity contribution in [3.63, 3.8) is 0 Å². The maximum Gasteiger partial charge on any atom is 0.344 e. The molecular weight excluding hydrogens is 616 g/mol. The molecule has 0 radical (unpaired) electrons. The van der Waals surface area contributed by atoms with Gasteiger partial charge in [0.1, 0.15) is 17.5 Å². The van der Waals surface area contributed by atoms with Gasteiger partial charge < -0.3 is 18.9 Å². The molecule has 3 aromatic carbocycles. The Labute approximate surface area is 269 Å². The minimum absolute atomic E-state index is 0.154. The zero-order valence-electron chi connectivity index (χ0n) is 25.4. The number of nitrogens with zero attached hydrogens (tertiary/aromatic N) is 2. The summed E-state index contributed by atoms with van der Waals surface area (Å²) in [6.07, 6.45) is 2.95. The number of esters is 2. The van der Waals surface area contributed by atoms with Crippen molar-refractivity contribution in [1.82, 2.24) is 4.57 Å². The summed E-state index contributed by atoms with van der Waals surface area (Å²) in [6, 6.07) is 15.5. The maximum absolute atomic E-state index is 14.4. The Bertz CT molecular complexity index is 1980. The minimum atomic E-state index is -0.898. The number of rotatable bonds is 11. The number of methoxy groups -OCH3 is 1. The Kier molecular flexibility index (Phi) is 10.0. The van der Waals surface area contributed by atoms with Crippen LogP contribution in [0.15, 0.2) is 75.7 Å². The molecule has 234 valence electrons. The van der Waals surface area contributed by atoms with Crippen molar-refractivity contribution in [1.29, 1.82) is 0 Å². The van der Waals surface area contributed by atoms with Crippen LogP contribution in [0.2, 0.25) is 5.02 Å². The minimum Gasteiger partial charge on any atom is -0.496 e. The van der Waals surface area contributed by atoms with Gasteiger partial charge in [-0.2, -0.15) is 0 Å². The summed E-state index contributed by atoms with van der Waals surface area (Å²) in [7, 11) is 1.52. The lowest BCUT2D eigenvalue weighted by atomic mass is 9.93. The fourth-order valence-corrected chi connectivity index (χ4v) is 6.54. The summed E-state index contributed by atoms with van der Waals surface area (Å²) >= 11 is 7.65. The number of thiazole rings is 1. The summed E-state index contributed by atoms with van der Waals surface area (Å²) < 4.78 is 24.0. The molecule has 1 aliphatic heterocycles. The lowest BCUT2D eigenvalue weighted by Gasteiger charge is -2.27. The summed E-state index contributed by atoms with van der Waals surface area (Å²) in [5, 5.41) is 2.18. The SMILES string of the molecule is CCCC1=C(C(=O)OCC)[C@@H](c2cc(Cl)ccc2OC)n2c(s/c(=C/c3c(OCC(=O)OCC)ccc4ccccc34)c2=O)=N1. The molecule has 0 bridgehead atoms. The third-order valence-corrected chi connectivity index (χ3v) is 8.45. The quantitative estimate of drug-likeness (QED) is 0.202. The van der Waals surface area contributed by atoms with E-state index in [0.29, 0.717) is 55.5 Å². The molecule has 0 saturated carbocycles. The van der Waals surface area contributed by atoms with Gasteiger partial charge >= 0.3 is 11.9 Å². The van der Waals surface area contributed by atoms with Crippen LogP contribution in [-0.4, -0.2) is 43.4 Å². The van der Waals surface area contributed by atoms with Gasteiger partial charge in [-0.05, 0) is 61.4 Å². The third-order valence-electron chi connectivity index (χ3n) is 7.24. The lowest BCUT2D eigenvalue weighted by Crippen LogP contribution is -2.40. The van der Waals surface area contributed by atoms with Crippen molar-refractivity contribution in [3.05, 3.63) is 102 Å². The molecule has 9 nitrogen and oxygen atoms in total. The Balaban J connectivity index is 1.78. The van der Waals surface area contributed by atoms with Crippen molar-refractivity contribution in [3.8, 4) is 11.5 Å². The van der Waals surface area contributed by atoms with E-state index in [1.54, 1.807) is 44.2 Å². The van der Waals surface area contributed by atoms with Crippen LogP contribution >= 0.6 is 22.9 Å². The van der Waals surface area contributed by atoms with Crippen LogP contribution in [0, 0.1) is 0 Å². The number of hydrogen-bond donors (Lipinski definition) is 0. The van der Waals surface area contributed by atoms with E-state index in [1.807, 2.05) is 37.3 Å². The fourth-order valence-electron chi connectivity index (χ4n) is 5.35. The van der Waals surface area contributed by atoms with Crippen molar-refractivity contribution in [2.24, 2.45) is 4.99 Å². The maximum atomic E-state index is 14.4. The molecule has 0 fully saturated rings. The topological polar surface area (TPSA) is 105 Å². The number of carbonyl (C=O) groups is 2. The summed E-state index contributed by atoms with van der Waals surface area (Å²) in [6.45, 7) is 5.56. The van der Waals surface area contributed by atoms with Gasteiger partial charge in [-0.25, -0.2) is 14.6 Å². The molecule has 11 heteroatoms. The molecule has 0 N–H and O–H groups in total. The average Bonchev–Trinajstić information content (AvgIpc) is 3.34. The van der Waals surface area contributed by atoms with Crippen LogP contribution in [0.25, 0.3) is 16.8 Å². The van der Waals surface area contributed by atoms with Gasteiger partial charge in [-0.15, -0.1) is 0 Å². The van der Waals surface area contributed by atoms with E-state index in [4.69, 9.17) is 35.5 Å². The predicted molar refractivity (Wildman–Crippen MR) is 174 cm³/mol. The highest BCUT2D eigenvalue weighted by Crippen LogP contribution is 2.38. The lowest BCUT2D eigenvalue weighted by molar-refractivity contribution is -0.145. The molecule has 1 aliphatic rings. The average molecular weight is 649 g/mol. The van der Waals surface area contributed by atoms with Crippen molar-refractivity contribution >= 4 is 51.7 Å². The van der Waals surface area contributed by atoms with E-state index in [0.717, 1.165) is 10.8 Å². The van der Waals surface area contributed by atoms with Gasteiger partial charge in [0.15, 0.2) is 11.4 Å². The first-order chi connectivity index (χ1) is 21.8. The summed E-state index contributed by atoms with van der Waals surface area (Å²) in [5.74, 6) is -0.183. The van der Waals surface area contributed by atoms with Gasteiger partial charge in [-0.3, -0.25) is 9.36 Å². The molecule has 1 aromatic heterocycles. The fraction of sp³-hybridized carbons (Fsp3) is 0.294. The number of hydrogen-bond acceptors (Lipinski definition) is 9. The molecule has 45 heavy (non-hydrogen) atoms. The molecular formula is C34H33ClN2O7S. The smallest absolute Gasteiger partial charge is 0.344 e. The Morgan fingerprint density at radius 1 is 1.02 bits per heavy atom. The second-order valence-electron chi connectivity index (χ2n) is 10.1. The first-order valence-corrected chi connectivity index (χ1v) is 15.9. The zero-order chi connectivity index (χ0) is 32.1. The number of halogens is 1. The second kappa shape index (κ2) is 14.1. The third kappa shape index (κ3) is 6.53. The van der Waals surface area contributed by atoms with Gasteiger partial charge in [0.2, 0.25) is 0 Å². The first-order valence-electron chi connectivity index (χ1n) is 14.7. The van der Waals surface area contributed by atoms with Gasteiger partial charge in [-0.1, -0.05) is 66.6 Å². The molecule has 0 aliphatic carbocycles. The zero-order valence-corrected chi connectivity index (χ0v) is 27.0. The second-order valence-corrected chi connectivity index (χ2v) is 11.5. The highest BCUT2D eigenvalue weighted by molar-refractivity contribution is 7.07. The summed E-state index contributed by atoms with van der Waals surface area (Å²) in [5.41, 5.74) is 1.60. The van der Waals surface area contributed by atoms with Crippen LogP contribution in [-0.2, 0) is 19.1 Å². The molecule has 0 saturated heterocycles. The largest absolute Gasteiger partial charge is 0.496 e. The molecule has 1 atom stereocenters. The first kappa shape index (κ1) is 32.0. The molecule has 5 rings (SSSR count). The number of fused-ring (bicyclic) bond motifs is 2. The van der Waals surface area contributed by atoms with Crippen LogP contribution in [0.5, 0.6) is 11.5 Å². The molecule has 0 unspecified atom stereocenters. The normalized spacial score (nSPS) is 14.6. The van der Waals surface area contributed by atoms with E-state index in [-0.39, 0.29) is 31.0 Å². The Hall–Kier alpha value is -4.41.